The van der Waals surface area contributed by atoms with Crippen LogP contribution in [0.1, 0.15) is 65.9 Å². The van der Waals surface area contributed by atoms with Gasteiger partial charge in [0.05, 0.1) is 18.6 Å². The molecule has 0 saturated heterocycles. The molecule has 0 amide bonds. The van der Waals surface area contributed by atoms with Gasteiger partial charge in [0.1, 0.15) is 0 Å². The van der Waals surface area contributed by atoms with Gasteiger partial charge in [-0.25, -0.2) is 0 Å². The topological polar surface area (TPSA) is 75.6 Å². The van der Waals surface area contributed by atoms with Crippen LogP contribution in [0, 0.1) is 13.8 Å². The van der Waals surface area contributed by atoms with E-state index < -0.39 is 5.60 Å². The summed E-state index contributed by atoms with van der Waals surface area (Å²) in [4.78, 5) is 23.1. The van der Waals surface area contributed by atoms with Crippen LogP contribution < -0.4 is 5.32 Å². The number of carbonyl (C=O) groups is 2. The zero-order valence-electron chi connectivity index (χ0n) is 15.6. The minimum Gasteiger partial charge on any atom is -0.466 e. The largest absolute Gasteiger partial charge is 0.466 e. The fourth-order valence-corrected chi connectivity index (χ4v) is 2.76. The number of nitrogens with one attached hydrogen (secondary N) is 1. The number of hydrogen-bond donors (Lipinski definition) is 2. The second-order valence-corrected chi connectivity index (χ2v) is 6.97. The van der Waals surface area contributed by atoms with Gasteiger partial charge < -0.3 is 15.2 Å². The SMILES string of the molecule is CC(C)(C)O.CCOC(=O)Cc1c(C)c2c(c(C)c1C=O)CNC2. The first-order valence-corrected chi connectivity index (χ1v) is 8.27. The second-order valence-electron chi connectivity index (χ2n) is 6.97. The molecule has 0 unspecified atom stereocenters. The van der Waals surface area contributed by atoms with Crippen molar-refractivity contribution in [1.29, 1.82) is 0 Å². The van der Waals surface area contributed by atoms with Crippen molar-refractivity contribution in [3.05, 3.63) is 33.4 Å². The minimum atomic E-state index is -0.500. The number of aldehydes is 1. The molecule has 2 N–H and O–H groups in total. The molecular formula is C19H29NO4. The lowest BCUT2D eigenvalue weighted by Gasteiger charge is -2.16. The molecule has 2 rings (SSSR count). The van der Waals surface area contributed by atoms with Crippen molar-refractivity contribution in [1.82, 2.24) is 5.32 Å². The number of benzene rings is 1. The van der Waals surface area contributed by atoms with Crippen LogP contribution in [0.5, 0.6) is 0 Å². The van der Waals surface area contributed by atoms with E-state index in [9.17, 15) is 9.59 Å². The monoisotopic (exact) mass is 335 g/mol. The third-order valence-corrected chi connectivity index (χ3v) is 3.80. The highest BCUT2D eigenvalue weighted by Gasteiger charge is 2.23. The minimum absolute atomic E-state index is 0.169. The predicted molar refractivity (Wildman–Crippen MR) is 94.2 cm³/mol. The standard InChI is InChI=1S/C15H19NO3.C4H10O/c1-4-19-15(18)5-11-9(2)12-6-16-7-13(12)10(3)14(11)8-17;1-4(2,3)5/h8,16H,4-7H2,1-3H3;5H,1-3H3. The number of aliphatic hydroxyl groups is 1. The first kappa shape index (κ1) is 20.3. The normalized spacial score (nSPS) is 13.0. The number of rotatable bonds is 4. The maximum Gasteiger partial charge on any atom is 0.310 e. The molecule has 0 aromatic heterocycles. The molecule has 5 nitrogen and oxygen atoms in total. The van der Waals surface area contributed by atoms with Gasteiger partial charge >= 0.3 is 5.97 Å². The lowest BCUT2D eigenvalue weighted by molar-refractivity contribution is -0.142. The van der Waals surface area contributed by atoms with E-state index in [1.54, 1.807) is 27.7 Å². The van der Waals surface area contributed by atoms with Crippen LogP contribution in [-0.2, 0) is 29.0 Å². The molecule has 1 aliphatic rings. The Labute approximate surface area is 144 Å². The van der Waals surface area contributed by atoms with E-state index in [1.807, 2.05) is 13.8 Å². The van der Waals surface area contributed by atoms with Crippen molar-refractivity contribution in [2.45, 2.75) is 66.7 Å². The Morgan fingerprint density at radius 2 is 1.71 bits per heavy atom. The third kappa shape index (κ3) is 5.42. The molecule has 0 aliphatic carbocycles. The molecule has 0 fully saturated rings. The Hall–Kier alpha value is -1.72. The Kier molecular flexibility index (Phi) is 7.11. The molecule has 0 saturated carbocycles. The zero-order valence-corrected chi connectivity index (χ0v) is 15.6. The zero-order chi connectivity index (χ0) is 18.5. The molecule has 1 heterocycles. The van der Waals surface area contributed by atoms with Gasteiger partial charge in [0.15, 0.2) is 6.29 Å². The predicted octanol–water partition coefficient (Wildman–Crippen LogP) is 2.60. The summed E-state index contributed by atoms with van der Waals surface area (Å²) in [6.07, 6.45) is 1.03. The van der Waals surface area contributed by atoms with Gasteiger partial charge in [0, 0.05) is 18.7 Å². The lowest BCUT2D eigenvalue weighted by atomic mass is 9.88. The summed E-state index contributed by atoms with van der Waals surface area (Å²) in [7, 11) is 0. The van der Waals surface area contributed by atoms with Gasteiger partial charge in [-0.1, -0.05) is 0 Å². The molecule has 24 heavy (non-hydrogen) atoms. The number of carbonyl (C=O) groups excluding carboxylic acids is 2. The summed E-state index contributed by atoms with van der Waals surface area (Å²) < 4.78 is 4.99. The van der Waals surface area contributed by atoms with Crippen LogP contribution in [0.4, 0.5) is 0 Å². The molecule has 5 heteroatoms. The second kappa shape index (κ2) is 8.40. The highest BCUT2D eigenvalue weighted by molar-refractivity contribution is 5.85. The van der Waals surface area contributed by atoms with E-state index in [0.29, 0.717) is 12.2 Å². The Bertz CT molecular complexity index is 609. The van der Waals surface area contributed by atoms with Crippen LogP contribution in [0.15, 0.2) is 0 Å². The summed E-state index contributed by atoms with van der Waals surface area (Å²) in [5, 5.41) is 11.8. The first-order chi connectivity index (χ1) is 11.1. The maximum absolute atomic E-state index is 11.7. The van der Waals surface area contributed by atoms with Crippen molar-refractivity contribution >= 4 is 12.3 Å². The van der Waals surface area contributed by atoms with Crippen molar-refractivity contribution in [2.24, 2.45) is 0 Å². The fourth-order valence-electron chi connectivity index (χ4n) is 2.76. The molecule has 0 spiro atoms. The lowest BCUT2D eigenvalue weighted by Crippen LogP contribution is -2.13. The molecule has 0 bridgehead atoms. The number of ether oxygens (including phenoxy) is 1. The summed E-state index contributed by atoms with van der Waals surface area (Å²) >= 11 is 0. The summed E-state index contributed by atoms with van der Waals surface area (Å²) in [6, 6.07) is 0. The Balaban J connectivity index is 0.000000505. The molecule has 134 valence electrons. The molecule has 1 aromatic carbocycles. The van der Waals surface area contributed by atoms with E-state index in [-0.39, 0.29) is 12.4 Å². The van der Waals surface area contributed by atoms with Crippen LogP contribution in [0.2, 0.25) is 0 Å². The van der Waals surface area contributed by atoms with E-state index in [4.69, 9.17) is 9.84 Å². The number of hydrogen-bond acceptors (Lipinski definition) is 5. The van der Waals surface area contributed by atoms with Crippen LogP contribution in [0.25, 0.3) is 0 Å². The molecule has 1 aliphatic heterocycles. The van der Waals surface area contributed by atoms with Gasteiger partial charge in [0.2, 0.25) is 0 Å². The van der Waals surface area contributed by atoms with Crippen molar-refractivity contribution in [2.75, 3.05) is 6.61 Å². The molecular weight excluding hydrogens is 306 g/mol. The van der Waals surface area contributed by atoms with E-state index in [2.05, 4.69) is 5.32 Å². The maximum atomic E-state index is 11.7. The fraction of sp³-hybridized carbons (Fsp3) is 0.579. The third-order valence-electron chi connectivity index (χ3n) is 3.80. The molecule has 0 radical (unpaired) electrons. The van der Waals surface area contributed by atoms with Gasteiger partial charge in [-0.3, -0.25) is 9.59 Å². The summed E-state index contributed by atoms with van der Waals surface area (Å²) in [6.45, 7) is 12.9. The molecule has 1 aromatic rings. The van der Waals surface area contributed by atoms with E-state index in [1.165, 1.54) is 11.1 Å². The number of esters is 1. The van der Waals surface area contributed by atoms with Gasteiger partial charge in [-0.15, -0.1) is 0 Å². The Morgan fingerprint density at radius 1 is 1.21 bits per heavy atom. The quantitative estimate of drug-likeness (QED) is 0.653. The van der Waals surface area contributed by atoms with E-state index in [0.717, 1.165) is 36.1 Å². The number of fused-ring (bicyclic) bond motifs is 1. The van der Waals surface area contributed by atoms with Crippen LogP contribution in [-0.4, -0.2) is 29.6 Å². The van der Waals surface area contributed by atoms with Crippen LogP contribution >= 0.6 is 0 Å². The van der Waals surface area contributed by atoms with Crippen LogP contribution in [0.3, 0.4) is 0 Å². The average molecular weight is 335 g/mol. The average Bonchev–Trinajstić information content (AvgIpc) is 2.93. The van der Waals surface area contributed by atoms with Gasteiger partial charge in [-0.2, -0.15) is 0 Å². The first-order valence-electron chi connectivity index (χ1n) is 8.27. The van der Waals surface area contributed by atoms with Gasteiger partial charge in [-0.05, 0) is 69.4 Å². The van der Waals surface area contributed by atoms with Crippen molar-refractivity contribution < 1.29 is 19.4 Å². The van der Waals surface area contributed by atoms with Crippen molar-refractivity contribution in [3.8, 4) is 0 Å². The highest BCUT2D eigenvalue weighted by atomic mass is 16.5. The summed E-state index contributed by atoms with van der Waals surface area (Å²) in [5.74, 6) is -0.279. The van der Waals surface area contributed by atoms with Gasteiger partial charge in [0.25, 0.3) is 0 Å². The Morgan fingerprint density at radius 3 is 2.17 bits per heavy atom. The molecule has 0 atom stereocenters. The summed E-state index contributed by atoms with van der Waals surface area (Å²) in [5.41, 5.74) is 5.41. The highest BCUT2D eigenvalue weighted by Crippen LogP contribution is 2.30. The van der Waals surface area contributed by atoms with Crippen molar-refractivity contribution in [3.63, 3.8) is 0 Å². The van der Waals surface area contributed by atoms with E-state index >= 15 is 0 Å². The smallest absolute Gasteiger partial charge is 0.310 e.